The number of rotatable bonds is 7. The van der Waals surface area contributed by atoms with E-state index in [2.05, 4.69) is 10.6 Å². The molecule has 1 heterocycles. The fraction of sp³-hybridized carbons (Fsp3) is 0.533. The highest BCUT2D eigenvalue weighted by molar-refractivity contribution is 5.92. The molecule has 0 aliphatic heterocycles. The van der Waals surface area contributed by atoms with Gasteiger partial charge in [0.25, 0.3) is 0 Å². The second kappa shape index (κ2) is 8.20. The second-order valence-corrected chi connectivity index (χ2v) is 4.90. The largest absolute Gasteiger partial charge is 0.444 e. The molecule has 0 aliphatic carbocycles. The zero-order valence-corrected chi connectivity index (χ0v) is 13.4. The molecule has 2 N–H and O–H groups in total. The average Bonchev–Trinajstić information content (AvgIpc) is 2.72. The standard InChI is InChI=1S/C15H22N4O3/c1-5-17-13(20)8-19(6-2)9-14(21)18-15-12(7-16)10(3)11(4)22-15/h5-6,8-9H2,1-4H3,(H,17,20)(H,18,21). The van der Waals surface area contributed by atoms with Crippen molar-refractivity contribution in [1.29, 1.82) is 5.26 Å². The highest BCUT2D eigenvalue weighted by Crippen LogP contribution is 2.25. The number of furan rings is 1. The molecule has 0 aromatic carbocycles. The first kappa shape index (κ1) is 17.7. The number of nitrogens with zero attached hydrogens (tertiary/aromatic N) is 2. The summed E-state index contributed by atoms with van der Waals surface area (Å²) in [6.07, 6.45) is 0. The Kier molecular flexibility index (Phi) is 6.60. The first-order valence-corrected chi connectivity index (χ1v) is 7.21. The first-order chi connectivity index (χ1) is 10.4. The number of hydrogen-bond donors (Lipinski definition) is 2. The van der Waals surface area contributed by atoms with Crippen molar-refractivity contribution in [3.05, 3.63) is 16.9 Å². The van der Waals surface area contributed by atoms with E-state index in [1.807, 2.05) is 19.9 Å². The van der Waals surface area contributed by atoms with Crippen LogP contribution in [-0.4, -0.2) is 42.9 Å². The summed E-state index contributed by atoms with van der Waals surface area (Å²) < 4.78 is 5.39. The third-order valence-electron chi connectivity index (χ3n) is 3.31. The van der Waals surface area contributed by atoms with Crippen LogP contribution >= 0.6 is 0 Å². The monoisotopic (exact) mass is 306 g/mol. The molecule has 1 aromatic heterocycles. The van der Waals surface area contributed by atoms with E-state index in [1.165, 1.54) is 0 Å². The van der Waals surface area contributed by atoms with Crippen molar-refractivity contribution in [3.8, 4) is 6.07 Å². The van der Waals surface area contributed by atoms with Gasteiger partial charge in [-0.05, 0) is 27.3 Å². The van der Waals surface area contributed by atoms with Gasteiger partial charge in [0, 0.05) is 12.1 Å². The van der Waals surface area contributed by atoms with Crippen molar-refractivity contribution in [2.45, 2.75) is 27.7 Å². The van der Waals surface area contributed by atoms with E-state index in [0.29, 0.717) is 30.0 Å². The molecule has 0 fully saturated rings. The summed E-state index contributed by atoms with van der Waals surface area (Å²) in [4.78, 5) is 25.3. The number of hydrogen-bond acceptors (Lipinski definition) is 5. The lowest BCUT2D eigenvalue weighted by molar-refractivity contribution is -0.123. The van der Waals surface area contributed by atoms with Crippen molar-refractivity contribution in [2.24, 2.45) is 0 Å². The molecule has 0 spiro atoms. The van der Waals surface area contributed by atoms with Gasteiger partial charge in [-0.15, -0.1) is 0 Å². The van der Waals surface area contributed by atoms with Gasteiger partial charge in [0.2, 0.25) is 17.7 Å². The number of carbonyl (C=O) groups excluding carboxylic acids is 2. The summed E-state index contributed by atoms with van der Waals surface area (Å²) >= 11 is 0. The van der Waals surface area contributed by atoms with Crippen LogP contribution in [0, 0.1) is 25.2 Å². The Morgan fingerprint density at radius 3 is 2.41 bits per heavy atom. The number of carbonyl (C=O) groups is 2. The smallest absolute Gasteiger partial charge is 0.240 e. The SMILES string of the molecule is CCNC(=O)CN(CC)CC(=O)Nc1oc(C)c(C)c1C#N. The van der Waals surface area contributed by atoms with E-state index in [0.717, 1.165) is 0 Å². The van der Waals surface area contributed by atoms with Gasteiger partial charge in [0.15, 0.2) is 0 Å². The molecule has 0 saturated carbocycles. The quantitative estimate of drug-likeness (QED) is 0.788. The molecule has 0 atom stereocenters. The van der Waals surface area contributed by atoms with E-state index in [4.69, 9.17) is 9.68 Å². The molecule has 1 aromatic rings. The molecule has 2 amide bonds. The van der Waals surface area contributed by atoms with Gasteiger partial charge in [0.05, 0.1) is 13.1 Å². The Hall–Kier alpha value is -2.33. The molecule has 7 heteroatoms. The van der Waals surface area contributed by atoms with Crippen molar-refractivity contribution < 1.29 is 14.0 Å². The lowest BCUT2D eigenvalue weighted by Crippen LogP contribution is -2.41. The minimum atomic E-state index is -0.323. The fourth-order valence-corrected chi connectivity index (χ4v) is 1.95. The van der Waals surface area contributed by atoms with Gasteiger partial charge < -0.3 is 9.73 Å². The third-order valence-corrected chi connectivity index (χ3v) is 3.31. The van der Waals surface area contributed by atoms with E-state index < -0.39 is 0 Å². The second-order valence-electron chi connectivity index (χ2n) is 4.90. The van der Waals surface area contributed by atoms with E-state index >= 15 is 0 Å². The highest BCUT2D eigenvalue weighted by atomic mass is 16.4. The summed E-state index contributed by atoms with van der Waals surface area (Å²) in [6, 6.07) is 2.02. The number of amides is 2. The Morgan fingerprint density at radius 1 is 1.23 bits per heavy atom. The molecule has 0 radical (unpaired) electrons. The zero-order chi connectivity index (χ0) is 16.7. The predicted octanol–water partition coefficient (Wildman–Crippen LogP) is 1.16. The number of nitriles is 1. The number of nitrogens with one attached hydrogen (secondary N) is 2. The molecule has 120 valence electrons. The predicted molar refractivity (Wildman–Crippen MR) is 82.3 cm³/mol. The summed E-state index contributed by atoms with van der Waals surface area (Å²) in [5, 5.41) is 14.4. The molecule has 1 rings (SSSR count). The van der Waals surface area contributed by atoms with Crippen LogP contribution in [0.1, 0.15) is 30.7 Å². The van der Waals surface area contributed by atoms with Crippen LogP contribution in [0.3, 0.4) is 0 Å². The number of aryl methyl sites for hydroxylation is 1. The van der Waals surface area contributed by atoms with Crippen molar-refractivity contribution in [2.75, 3.05) is 31.5 Å². The van der Waals surface area contributed by atoms with Crippen molar-refractivity contribution in [1.82, 2.24) is 10.2 Å². The van der Waals surface area contributed by atoms with Crippen LogP contribution < -0.4 is 10.6 Å². The van der Waals surface area contributed by atoms with Crippen LogP contribution in [0.4, 0.5) is 5.88 Å². The molecule has 22 heavy (non-hydrogen) atoms. The fourth-order valence-electron chi connectivity index (χ4n) is 1.95. The molecule has 0 unspecified atom stereocenters. The summed E-state index contributed by atoms with van der Waals surface area (Å²) in [5.74, 6) is 0.314. The summed E-state index contributed by atoms with van der Waals surface area (Å²) in [7, 11) is 0. The maximum Gasteiger partial charge on any atom is 0.240 e. The first-order valence-electron chi connectivity index (χ1n) is 7.21. The molecular formula is C15H22N4O3. The minimum absolute atomic E-state index is 0.0529. The Balaban J connectivity index is 2.67. The van der Waals surface area contributed by atoms with Gasteiger partial charge in [-0.3, -0.25) is 19.8 Å². The van der Waals surface area contributed by atoms with E-state index in [1.54, 1.807) is 18.7 Å². The lowest BCUT2D eigenvalue weighted by Gasteiger charge is -2.18. The number of anilines is 1. The normalized spacial score (nSPS) is 10.4. The van der Waals surface area contributed by atoms with Gasteiger partial charge in [0.1, 0.15) is 17.4 Å². The molecule has 0 aliphatic rings. The van der Waals surface area contributed by atoms with E-state index in [9.17, 15) is 9.59 Å². The number of likely N-dealkylation sites (N-methyl/N-ethyl adjacent to an activating group) is 2. The zero-order valence-electron chi connectivity index (χ0n) is 13.4. The van der Waals surface area contributed by atoms with Gasteiger partial charge in [-0.25, -0.2) is 0 Å². The lowest BCUT2D eigenvalue weighted by atomic mass is 10.2. The van der Waals surface area contributed by atoms with Gasteiger partial charge in [-0.1, -0.05) is 6.92 Å². The maximum absolute atomic E-state index is 12.1. The minimum Gasteiger partial charge on any atom is -0.444 e. The van der Waals surface area contributed by atoms with Crippen molar-refractivity contribution >= 4 is 17.7 Å². The van der Waals surface area contributed by atoms with Gasteiger partial charge in [-0.2, -0.15) is 5.26 Å². The van der Waals surface area contributed by atoms with Crippen LogP contribution in [0.15, 0.2) is 4.42 Å². The average molecular weight is 306 g/mol. The summed E-state index contributed by atoms with van der Waals surface area (Å²) in [6.45, 7) is 8.53. The maximum atomic E-state index is 12.1. The van der Waals surface area contributed by atoms with Crippen LogP contribution in [-0.2, 0) is 9.59 Å². The van der Waals surface area contributed by atoms with Crippen LogP contribution in [0.2, 0.25) is 0 Å². The Labute approximate surface area is 130 Å². The van der Waals surface area contributed by atoms with Crippen LogP contribution in [0.5, 0.6) is 0 Å². The highest BCUT2D eigenvalue weighted by Gasteiger charge is 2.18. The third kappa shape index (κ3) is 4.60. The van der Waals surface area contributed by atoms with Gasteiger partial charge >= 0.3 is 0 Å². The topological polar surface area (TPSA) is 98.4 Å². The molecule has 0 saturated heterocycles. The molecule has 7 nitrogen and oxygen atoms in total. The van der Waals surface area contributed by atoms with Crippen molar-refractivity contribution in [3.63, 3.8) is 0 Å². The van der Waals surface area contributed by atoms with E-state index in [-0.39, 0.29) is 30.8 Å². The Morgan fingerprint density at radius 2 is 1.86 bits per heavy atom. The summed E-state index contributed by atoms with van der Waals surface area (Å²) in [5.41, 5.74) is 1.05. The molecular weight excluding hydrogens is 284 g/mol. The Bertz CT molecular complexity index is 586. The van der Waals surface area contributed by atoms with Crippen LogP contribution in [0.25, 0.3) is 0 Å². The molecule has 0 bridgehead atoms.